The summed E-state index contributed by atoms with van der Waals surface area (Å²) in [6, 6.07) is 8.16. The summed E-state index contributed by atoms with van der Waals surface area (Å²) in [4.78, 5) is 17.3. The van der Waals surface area contributed by atoms with Crippen molar-refractivity contribution in [1.82, 2.24) is 19.9 Å². The van der Waals surface area contributed by atoms with Gasteiger partial charge in [-0.25, -0.2) is 13.1 Å². The van der Waals surface area contributed by atoms with Gasteiger partial charge in [-0.15, -0.1) is 10.2 Å². The molecule has 1 aliphatic rings. The highest BCUT2D eigenvalue weighted by atomic mass is 32.2. The Balaban J connectivity index is 1.41. The zero-order chi connectivity index (χ0) is 19.7. The third-order valence-electron chi connectivity index (χ3n) is 4.46. The number of nitrogens with one attached hydrogen (secondary N) is 1. The average Bonchev–Trinajstić information content (AvgIpc) is 3.27. The van der Waals surface area contributed by atoms with Gasteiger partial charge < -0.3 is 9.32 Å². The molecule has 0 saturated carbocycles. The number of hydrogen-bond acceptors (Lipinski definition) is 7. The number of nitrogens with zero attached hydrogens (tertiary/aromatic N) is 4. The van der Waals surface area contributed by atoms with Crippen molar-refractivity contribution in [3.8, 4) is 11.5 Å². The monoisotopic (exact) mass is 399 g/mol. The third-order valence-corrected chi connectivity index (χ3v) is 5.92. The van der Waals surface area contributed by atoms with Gasteiger partial charge >= 0.3 is 0 Å². The molecule has 0 saturated heterocycles. The van der Waals surface area contributed by atoms with Crippen LogP contribution in [-0.4, -0.2) is 43.1 Å². The molecular formula is C18H17N5O4S. The maximum atomic E-state index is 12.5. The van der Waals surface area contributed by atoms with Crippen LogP contribution in [0.4, 0.5) is 5.69 Å². The molecule has 0 atom stereocenters. The lowest BCUT2D eigenvalue weighted by Crippen LogP contribution is -2.26. The molecule has 0 spiro atoms. The van der Waals surface area contributed by atoms with Crippen LogP contribution in [0, 0.1) is 0 Å². The number of fused-ring (bicyclic) bond motifs is 1. The van der Waals surface area contributed by atoms with Crippen LogP contribution in [0.15, 0.2) is 52.0 Å². The summed E-state index contributed by atoms with van der Waals surface area (Å²) in [5, 5.41) is 7.89. The third kappa shape index (κ3) is 3.51. The Morgan fingerprint density at radius 3 is 2.75 bits per heavy atom. The summed E-state index contributed by atoms with van der Waals surface area (Å²) in [6.45, 7) is 0.107. The highest BCUT2D eigenvalue weighted by Gasteiger charge is 2.26. The molecule has 0 fully saturated rings. The van der Waals surface area contributed by atoms with E-state index in [1.54, 1.807) is 37.6 Å². The van der Waals surface area contributed by atoms with Gasteiger partial charge in [-0.1, -0.05) is 0 Å². The highest BCUT2D eigenvalue weighted by Crippen LogP contribution is 2.29. The fraction of sp³-hybridized carbons (Fsp3) is 0.222. The molecular weight excluding hydrogens is 382 g/mol. The Bertz CT molecular complexity index is 1130. The number of hydrogen-bond donors (Lipinski definition) is 1. The van der Waals surface area contributed by atoms with E-state index >= 15 is 0 Å². The first kappa shape index (κ1) is 18.3. The summed E-state index contributed by atoms with van der Waals surface area (Å²) in [5.41, 5.74) is 2.18. The van der Waals surface area contributed by atoms with E-state index in [2.05, 4.69) is 19.9 Å². The topological polar surface area (TPSA) is 118 Å². The molecule has 2 aromatic heterocycles. The minimum absolute atomic E-state index is 0.0566. The molecule has 1 aromatic carbocycles. The molecule has 3 aromatic rings. The Morgan fingerprint density at radius 1 is 1.18 bits per heavy atom. The summed E-state index contributed by atoms with van der Waals surface area (Å²) >= 11 is 0. The number of benzene rings is 1. The number of carbonyl (C=O) groups is 1. The molecule has 9 nitrogen and oxygen atoms in total. The van der Waals surface area contributed by atoms with Crippen molar-refractivity contribution in [3.63, 3.8) is 0 Å². The van der Waals surface area contributed by atoms with Crippen LogP contribution < -0.4 is 9.62 Å². The van der Waals surface area contributed by atoms with E-state index in [0.29, 0.717) is 17.3 Å². The molecule has 3 heterocycles. The van der Waals surface area contributed by atoms with Crippen LogP contribution >= 0.6 is 0 Å². The maximum absolute atomic E-state index is 12.5. The Morgan fingerprint density at radius 2 is 1.96 bits per heavy atom. The summed E-state index contributed by atoms with van der Waals surface area (Å²) in [6.07, 6.45) is 3.70. The normalized spacial score (nSPS) is 13.8. The fourth-order valence-electron chi connectivity index (χ4n) is 2.96. The van der Waals surface area contributed by atoms with E-state index in [0.717, 1.165) is 11.3 Å². The maximum Gasteiger partial charge on any atom is 0.247 e. The first-order chi connectivity index (χ1) is 13.4. The summed E-state index contributed by atoms with van der Waals surface area (Å²) in [7, 11) is -2.04. The number of rotatable bonds is 6. The van der Waals surface area contributed by atoms with Gasteiger partial charge in [-0.3, -0.25) is 9.78 Å². The Hall–Kier alpha value is -3.11. The number of anilines is 1. The van der Waals surface area contributed by atoms with Crippen molar-refractivity contribution in [3.05, 3.63) is 54.2 Å². The van der Waals surface area contributed by atoms with E-state index in [-0.39, 0.29) is 30.2 Å². The first-order valence-corrected chi connectivity index (χ1v) is 10.0. The van der Waals surface area contributed by atoms with Crippen molar-refractivity contribution >= 4 is 21.6 Å². The van der Waals surface area contributed by atoms with Crippen LogP contribution in [0.5, 0.6) is 0 Å². The van der Waals surface area contributed by atoms with Gasteiger partial charge in [0.15, 0.2) is 0 Å². The molecule has 0 bridgehead atoms. The molecule has 144 valence electrons. The van der Waals surface area contributed by atoms with Crippen LogP contribution in [-0.2, 0) is 27.7 Å². The average molecular weight is 399 g/mol. The number of likely N-dealkylation sites (N-methyl/N-ethyl adjacent to an activating group) is 1. The smallest absolute Gasteiger partial charge is 0.247 e. The Kier molecular flexibility index (Phi) is 4.65. The predicted octanol–water partition coefficient (Wildman–Crippen LogP) is 1.17. The predicted molar refractivity (Wildman–Crippen MR) is 100.0 cm³/mol. The summed E-state index contributed by atoms with van der Waals surface area (Å²) in [5.74, 6) is 0.627. The molecule has 4 rings (SSSR count). The molecule has 1 amide bonds. The molecule has 0 aliphatic carbocycles. The standard InChI is InChI=1S/C18H17N5O4S/c1-23-15-3-2-14(10-13(15)11-17(23)24)28(25,26)20-9-6-16-21-22-18(27-16)12-4-7-19-8-5-12/h2-5,7-8,10,20H,6,9,11H2,1H3. The van der Waals surface area contributed by atoms with Crippen molar-refractivity contribution in [1.29, 1.82) is 0 Å². The van der Waals surface area contributed by atoms with E-state index in [4.69, 9.17) is 4.42 Å². The quantitative estimate of drug-likeness (QED) is 0.661. The van der Waals surface area contributed by atoms with Crippen LogP contribution in [0.25, 0.3) is 11.5 Å². The number of sulfonamides is 1. The van der Waals surface area contributed by atoms with Crippen molar-refractivity contribution in [2.75, 3.05) is 18.5 Å². The van der Waals surface area contributed by atoms with Gasteiger partial charge in [0.2, 0.25) is 27.7 Å². The number of amides is 1. The molecule has 0 unspecified atom stereocenters. The van der Waals surface area contributed by atoms with Gasteiger partial charge in [0.25, 0.3) is 0 Å². The molecule has 1 N–H and O–H groups in total. The first-order valence-electron chi connectivity index (χ1n) is 8.56. The minimum Gasteiger partial charge on any atom is -0.421 e. The van der Waals surface area contributed by atoms with Crippen LogP contribution in [0.3, 0.4) is 0 Å². The van der Waals surface area contributed by atoms with E-state index < -0.39 is 10.0 Å². The second kappa shape index (κ2) is 7.13. The second-order valence-corrected chi connectivity index (χ2v) is 8.07. The van der Waals surface area contributed by atoms with Gasteiger partial charge in [-0.2, -0.15) is 0 Å². The lowest BCUT2D eigenvalue weighted by molar-refractivity contribution is -0.117. The van der Waals surface area contributed by atoms with Gasteiger partial charge in [-0.05, 0) is 35.9 Å². The number of aromatic nitrogens is 3. The van der Waals surface area contributed by atoms with E-state index in [1.165, 1.54) is 17.0 Å². The second-order valence-electron chi connectivity index (χ2n) is 6.30. The Labute approximate surface area is 161 Å². The van der Waals surface area contributed by atoms with Gasteiger partial charge in [0.1, 0.15) is 0 Å². The lowest BCUT2D eigenvalue weighted by Gasteiger charge is -2.11. The lowest BCUT2D eigenvalue weighted by atomic mass is 10.2. The highest BCUT2D eigenvalue weighted by molar-refractivity contribution is 7.89. The van der Waals surface area contributed by atoms with E-state index in [1.807, 2.05) is 0 Å². The SMILES string of the molecule is CN1C(=O)Cc2cc(S(=O)(=O)NCCc3nnc(-c4ccncc4)o3)ccc21. The fourth-order valence-corrected chi connectivity index (χ4v) is 4.04. The molecule has 10 heteroatoms. The van der Waals surface area contributed by atoms with Crippen LogP contribution in [0.1, 0.15) is 11.5 Å². The summed E-state index contributed by atoms with van der Waals surface area (Å²) < 4.78 is 33.1. The van der Waals surface area contributed by atoms with Crippen molar-refractivity contribution in [2.45, 2.75) is 17.7 Å². The molecule has 28 heavy (non-hydrogen) atoms. The van der Waals surface area contributed by atoms with Crippen molar-refractivity contribution < 1.29 is 17.6 Å². The van der Waals surface area contributed by atoms with Gasteiger partial charge in [0, 0.05) is 43.7 Å². The molecule has 0 radical (unpaired) electrons. The van der Waals surface area contributed by atoms with Gasteiger partial charge in [0.05, 0.1) is 11.3 Å². The number of pyridine rings is 1. The molecule has 1 aliphatic heterocycles. The zero-order valence-corrected chi connectivity index (χ0v) is 15.8. The van der Waals surface area contributed by atoms with Crippen molar-refractivity contribution in [2.24, 2.45) is 0 Å². The van der Waals surface area contributed by atoms with Crippen LogP contribution in [0.2, 0.25) is 0 Å². The zero-order valence-electron chi connectivity index (χ0n) is 15.0. The minimum atomic E-state index is -3.71. The largest absolute Gasteiger partial charge is 0.421 e. The van der Waals surface area contributed by atoms with E-state index in [9.17, 15) is 13.2 Å². The number of carbonyl (C=O) groups excluding carboxylic acids is 1.